The maximum atomic E-state index is 11.8. The monoisotopic (exact) mass is 248 g/mol. The summed E-state index contributed by atoms with van der Waals surface area (Å²) in [6, 6.07) is 3.31. The lowest BCUT2D eigenvalue weighted by atomic mass is 10.2. The van der Waals surface area contributed by atoms with Gasteiger partial charge in [-0.15, -0.1) is 10.2 Å². The maximum Gasteiger partial charge on any atom is 0.257 e. The first-order valence-corrected chi connectivity index (χ1v) is 6.03. The second-order valence-corrected chi connectivity index (χ2v) is 4.80. The summed E-state index contributed by atoms with van der Waals surface area (Å²) in [5.41, 5.74) is 0.557. The van der Waals surface area contributed by atoms with Crippen LogP contribution in [0.15, 0.2) is 24.5 Å². The van der Waals surface area contributed by atoms with Crippen molar-refractivity contribution in [3.8, 4) is 0 Å². The van der Waals surface area contributed by atoms with Gasteiger partial charge in [-0.3, -0.25) is 15.1 Å². The van der Waals surface area contributed by atoms with E-state index in [2.05, 4.69) is 20.5 Å². The van der Waals surface area contributed by atoms with E-state index in [1.807, 2.05) is 13.8 Å². The van der Waals surface area contributed by atoms with Gasteiger partial charge in [-0.1, -0.05) is 25.2 Å². The number of anilines is 1. The highest BCUT2D eigenvalue weighted by molar-refractivity contribution is 7.15. The molecule has 0 aliphatic heterocycles. The predicted molar refractivity (Wildman–Crippen MR) is 66.2 cm³/mol. The molecule has 0 spiro atoms. The average molecular weight is 248 g/mol. The first-order chi connectivity index (χ1) is 8.16. The Morgan fingerprint density at radius 3 is 2.59 bits per heavy atom. The number of nitrogens with zero attached hydrogens (tertiary/aromatic N) is 3. The van der Waals surface area contributed by atoms with Crippen molar-refractivity contribution in [3.63, 3.8) is 0 Å². The summed E-state index contributed by atoms with van der Waals surface area (Å²) in [6.07, 6.45) is 3.16. The van der Waals surface area contributed by atoms with Crippen LogP contribution in [0.4, 0.5) is 5.13 Å². The maximum absolute atomic E-state index is 11.8. The molecule has 0 bridgehead atoms. The minimum absolute atomic E-state index is 0.196. The summed E-state index contributed by atoms with van der Waals surface area (Å²) in [4.78, 5) is 15.6. The molecule has 0 atom stereocenters. The van der Waals surface area contributed by atoms with Gasteiger partial charge in [-0.2, -0.15) is 0 Å². The standard InChI is InChI=1S/C11H12N4OS/c1-7(2)10-14-15-11(17-10)13-9(16)8-3-5-12-6-4-8/h3-7H,1-2H3,(H,13,15,16). The molecule has 0 aliphatic rings. The predicted octanol–water partition coefficient (Wildman–Crippen LogP) is 2.31. The van der Waals surface area contributed by atoms with Crippen molar-refractivity contribution in [2.24, 2.45) is 0 Å². The first kappa shape index (κ1) is 11.7. The second-order valence-electron chi connectivity index (χ2n) is 3.79. The second kappa shape index (κ2) is 5.01. The molecule has 2 aromatic heterocycles. The molecule has 17 heavy (non-hydrogen) atoms. The molecule has 0 fully saturated rings. The zero-order chi connectivity index (χ0) is 12.3. The fourth-order valence-electron chi connectivity index (χ4n) is 1.19. The lowest BCUT2D eigenvalue weighted by Crippen LogP contribution is -2.11. The summed E-state index contributed by atoms with van der Waals surface area (Å²) in [7, 11) is 0. The summed E-state index contributed by atoms with van der Waals surface area (Å²) in [6.45, 7) is 4.07. The highest BCUT2D eigenvalue weighted by Gasteiger charge is 2.11. The van der Waals surface area contributed by atoms with Crippen LogP contribution in [0.1, 0.15) is 35.1 Å². The van der Waals surface area contributed by atoms with Gasteiger partial charge in [-0.25, -0.2) is 0 Å². The van der Waals surface area contributed by atoms with Crippen LogP contribution in [-0.2, 0) is 0 Å². The Hall–Kier alpha value is -1.82. The Kier molecular flexibility index (Phi) is 3.43. The summed E-state index contributed by atoms with van der Waals surface area (Å²) in [5.74, 6) is 0.123. The van der Waals surface area contributed by atoms with Crippen LogP contribution < -0.4 is 5.32 Å². The molecule has 1 N–H and O–H groups in total. The zero-order valence-corrected chi connectivity index (χ0v) is 10.4. The molecule has 0 saturated heterocycles. The van der Waals surface area contributed by atoms with Gasteiger partial charge in [0.15, 0.2) is 0 Å². The third-order valence-corrected chi connectivity index (χ3v) is 3.24. The summed E-state index contributed by atoms with van der Waals surface area (Å²) < 4.78 is 0. The van der Waals surface area contributed by atoms with Crippen molar-refractivity contribution in [1.82, 2.24) is 15.2 Å². The van der Waals surface area contributed by atoms with Crippen molar-refractivity contribution < 1.29 is 4.79 Å². The van der Waals surface area contributed by atoms with Gasteiger partial charge in [0.25, 0.3) is 5.91 Å². The zero-order valence-electron chi connectivity index (χ0n) is 9.54. The van der Waals surface area contributed by atoms with Crippen molar-refractivity contribution in [1.29, 1.82) is 0 Å². The Morgan fingerprint density at radius 2 is 2.00 bits per heavy atom. The Bertz CT molecular complexity index is 509. The normalized spacial score (nSPS) is 10.5. The Balaban J connectivity index is 2.08. The van der Waals surface area contributed by atoms with Crippen molar-refractivity contribution in [2.45, 2.75) is 19.8 Å². The molecule has 2 heterocycles. The largest absolute Gasteiger partial charge is 0.296 e. The Morgan fingerprint density at radius 1 is 1.29 bits per heavy atom. The molecular weight excluding hydrogens is 236 g/mol. The van der Waals surface area contributed by atoms with Gasteiger partial charge < -0.3 is 0 Å². The molecule has 88 valence electrons. The van der Waals surface area contributed by atoms with Gasteiger partial charge in [-0.05, 0) is 12.1 Å². The van der Waals surface area contributed by atoms with Crippen LogP contribution in [0.25, 0.3) is 0 Å². The molecule has 6 heteroatoms. The van der Waals surface area contributed by atoms with Crippen LogP contribution in [-0.4, -0.2) is 21.1 Å². The van der Waals surface area contributed by atoms with E-state index in [1.54, 1.807) is 24.5 Å². The van der Waals surface area contributed by atoms with Gasteiger partial charge in [0.05, 0.1) is 0 Å². The molecule has 2 rings (SSSR count). The number of carbonyl (C=O) groups excluding carboxylic acids is 1. The van der Waals surface area contributed by atoms with E-state index in [4.69, 9.17) is 0 Å². The lowest BCUT2D eigenvalue weighted by Gasteiger charge is -1.99. The van der Waals surface area contributed by atoms with Gasteiger partial charge in [0.1, 0.15) is 5.01 Å². The van der Waals surface area contributed by atoms with E-state index in [0.29, 0.717) is 16.6 Å². The first-order valence-electron chi connectivity index (χ1n) is 5.21. The third kappa shape index (κ3) is 2.85. The number of hydrogen-bond donors (Lipinski definition) is 1. The summed E-state index contributed by atoms with van der Waals surface area (Å²) in [5, 5.41) is 12.1. The van der Waals surface area contributed by atoms with Crippen LogP contribution in [0.2, 0.25) is 0 Å². The molecule has 1 amide bonds. The van der Waals surface area contributed by atoms with E-state index < -0.39 is 0 Å². The fraction of sp³-hybridized carbons (Fsp3) is 0.273. The quantitative estimate of drug-likeness (QED) is 0.905. The van der Waals surface area contributed by atoms with Crippen molar-refractivity contribution >= 4 is 22.4 Å². The number of nitrogens with one attached hydrogen (secondary N) is 1. The van der Waals surface area contributed by atoms with Gasteiger partial charge in [0, 0.05) is 23.9 Å². The van der Waals surface area contributed by atoms with Crippen molar-refractivity contribution in [2.75, 3.05) is 5.32 Å². The lowest BCUT2D eigenvalue weighted by molar-refractivity contribution is 0.102. The van der Waals surface area contributed by atoms with Crippen LogP contribution >= 0.6 is 11.3 Å². The minimum atomic E-state index is -0.196. The average Bonchev–Trinajstić information content (AvgIpc) is 2.79. The van der Waals surface area contributed by atoms with Crippen LogP contribution in [0.3, 0.4) is 0 Å². The van der Waals surface area contributed by atoms with E-state index in [1.165, 1.54) is 11.3 Å². The molecule has 0 unspecified atom stereocenters. The van der Waals surface area contributed by atoms with E-state index >= 15 is 0 Å². The fourth-order valence-corrected chi connectivity index (χ4v) is 1.93. The van der Waals surface area contributed by atoms with Crippen molar-refractivity contribution in [3.05, 3.63) is 35.1 Å². The van der Waals surface area contributed by atoms with E-state index in [9.17, 15) is 4.79 Å². The highest BCUT2D eigenvalue weighted by Crippen LogP contribution is 2.22. The number of amides is 1. The minimum Gasteiger partial charge on any atom is -0.296 e. The number of aromatic nitrogens is 3. The molecule has 0 aliphatic carbocycles. The van der Waals surface area contributed by atoms with E-state index in [-0.39, 0.29) is 5.91 Å². The number of pyridine rings is 1. The molecule has 0 aromatic carbocycles. The third-order valence-electron chi connectivity index (χ3n) is 2.10. The van der Waals surface area contributed by atoms with Gasteiger partial charge >= 0.3 is 0 Å². The number of rotatable bonds is 3. The molecule has 2 aromatic rings. The number of hydrogen-bond acceptors (Lipinski definition) is 5. The topological polar surface area (TPSA) is 67.8 Å². The van der Waals surface area contributed by atoms with Crippen LogP contribution in [0.5, 0.6) is 0 Å². The molecule has 0 saturated carbocycles. The SMILES string of the molecule is CC(C)c1nnc(NC(=O)c2ccncc2)s1. The molecule has 5 nitrogen and oxygen atoms in total. The Labute approximate surface area is 103 Å². The molecule has 0 radical (unpaired) electrons. The number of carbonyl (C=O) groups is 1. The van der Waals surface area contributed by atoms with Crippen LogP contribution in [0, 0.1) is 0 Å². The molecular formula is C11H12N4OS. The highest BCUT2D eigenvalue weighted by atomic mass is 32.1. The van der Waals surface area contributed by atoms with Gasteiger partial charge in [0.2, 0.25) is 5.13 Å². The smallest absolute Gasteiger partial charge is 0.257 e. The summed E-state index contributed by atoms with van der Waals surface area (Å²) >= 11 is 1.39. The van der Waals surface area contributed by atoms with E-state index in [0.717, 1.165) is 5.01 Å².